The third-order valence-electron chi connectivity index (χ3n) is 3.15. The molecule has 2 heteroatoms. The van der Waals surface area contributed by atoms with Crippen LogP contribution in [0.3, 0.4) is 0 Å². The molecular weight excluding hydrogens is 210 g/mol. The maximum Gasteiger partial charge on any atom is 0.0625 e. The van der Waals surface area contributed by atoms with Gasteiger partial charge in [-0.25, -0.2) is 0 Å². The topological polar surface area (TPSA) is 35.2 Å². The van der Waals surface area contributed by atoms with Crippen LogP contribution in [0.2, 0.25) is 0 Å². The Hall–Kier alpha value is -0.860. The molecule has 1 rings (SSSR count). The monoisotopic (exact) mass is 235 g/mol. The van der Waals surface area contributed by atoms with Gasteiger partial charge in [0.15, 0.2) is 0 Å². The first-order valence-electron chi connectivity index (χ1n) is 6.31. The Labute approximate surface area is 105 Å². The summed E-state index contributed by atoms with van der Waals surface area (Å²) >= 11 is 0. The summed E-state index contributed by atoms with van der Waals surface area (Å²) in [6, 6.07) is 8.98. The minimum atomic E-state index is -0.0373. The molecule has 1 atom stereocenters. The molecule has 1 aromatic carbocycles. The largest absolute Gasteiger partial charge is 0.379 e. The van der Waals surface area contributed by atoms with E-state index < -0.39 is 0 Å². The summed E-state index contributed by atoms with van der Waals surface area (Å²) in [5.74, 6) is 0. The van der Waals surface area contributed by atoms with Gasteiger partial charge in [0.1, 0.15) is 0 Å². The van der Waals surface area contributed by atoms with Crippen LogP contribution in [0.15, 0.2) is 24.3 Å². The lowest BCUT2D eigenvalue weighted by atomic mass is 9.97. The van der Waals surface area contributed by atoms with Crippen LogP contribution in [0.1, 0.15) is 38.3 Å². The number of methoxy groups -OCH3 is 1. The van der Waals surface area contributed by atoms with Gasteiger partial charge in [-0.15, -0.1) is 0 Å². The molecule has 0 saturated heterocycles. The molecular formula is C15H25NO. The highest BCUT2D eigenvalue weighted by molar-refractivity contribution is 5.23. The van der Waals surface area contributed by atoms with E-state index in [1.54, 1.807) is 7.11 Å². The normalized spacial score (nSPS) is 13.7. The van der Waals surface area contributed by atoms with Crippen molar-refractivity contribution in [3.8, 4) is 0 Å². The molecule has 0 aromatic heterocycles. The van der Waals surface area contributed by atoms with Crippen molar-refractivity contribution in [2.75, 3.05) is 7.11 Å². The zero-order valence-corrected chi connectivity index (χ0v) is 11.5. The number of nitrogens with two attached hydrogens (primary N) is 1. The van der Waals surface area contributed by atoms with Gasteiger partial charge in [-0.3, -0.25) is 0 Å². The molecule has 0 aliphatic heterocycles. The lowest BCUT2D eigenvalue weighted by Gasteiger charge is -2.22. The maximum absolute atomic E-state index is 5.78. The van der Waals surface area contributed by atoms with E-state index in [1.165, 1.54) is 11.1 Å². The van der Waals surface area contributed by atoms with E-state index in [9.17, 15) is 0 Å². The molecule has 2 nitrogen and oxygen atoms in total. The van der Waals surface area contributed by atoms with Crippen molar-refractivity contribution in [1.29, 1.82) is 0 Å². The van der Waals surface area contributed by atoms with Crippen molar-refractivity contribution in [2.45, 2.75) is 51.7 Å². The summed E-state index contributed by atoms with van der Waals surface area (Å²) in [7, 11) is 1.77. The molecule has 0 aliphatic rings. The van der Waals surface area contributed by atoms with Crippen molar-refractivity contribution in [1.82, 2.24) is 0 Å². The van der Waals surface area contributed by atoms with Crippen LogP contribution in [-0.2, 0) is 17.6 Å². The highest BCUT2D eigenvalue weighted by Crippen LogP contribution is 2.17. The van der Waals surface area contributed by atoms with Crippen LogP contribution in [0.5, 0.6) is 0 Å². The highest BCUT2D eigenvalue weighted by Gasteiger charge is 2.15. The molecule has 1 aromatic rings. The first-order chi connectivity index (χ1) is 7.93. The first kappa shape index (κ1) is 14.2. The molecule has 0 spiro atoms. The summed E-state index contributed by atoms with van der Waals surface area (Å²) in [6.07, 6.45) is 3.04. The van der Waals surface area contributed by atoms with Gasteiger partial charge in [0.05, 0.1) is 5.60 Å². The van der Waals surface area contributed by atoms with E-state index >= 15 is 0 Å². The van der Waals surface area contributed by atoms with Gasteiger partial charge in [0, 0.05) is 13.2 Å². The van der Waals surface area contributed by atoms with Crippen molar-refractivity contribution < 1.29 is 4.74 Å². The summed E-state index contributed by atoms with van der Waals surface area (Å²) in [6.45, 7) is 6.28. The van der Waals surface area contributed by atoms with Gasteiger partial charge >= 0.3 is 0 Å². The van der Waals surface area contributed by atoms with E-state index in [1.807, 2.05) is 6.92 Å². The van der Waals surface area contributed by atoms with Gasteiger partial charge in [-0.2, -0.15) is 0 Å². The highest BCUT2D eigenvalue weighted by atomic mass is 16.5. The zero-order valence-electron chi connectivity index (χ0n) is 11.5. The van der Waals surface area contributed by atoms with Crippen LogP contribution in [0.4, 0.5) is 0 Å². The first-order valence-corrected chi connectivity index (χ1v) is 6.31. The van der Waals surface area contributed by atoms with Gasteiger partial charge in [-0.1, -0.05) is 24.3 Å². The Kier molecular flexibility index (Phi) is 5.16. The van der Waals surface area contributed by atoms with E-state index in [0.29, 0.717) is 0 Å². The summed E-state index contributed by atoms with van der Waals surface area (Å²) < 4.78 is 5.42. The van der Waals surface area contributed by atoms with E-state index in [4.69, 9.17) is 10.5 Å². The Bertz CT molecular complexity index is 327. The van der Waals surface area contributed by atoms with Gasteiger partial charge in [0.25, 0.3) is 0 Å². The average molecular weight is 235 g/mol. The van der Waals surface area contributed by atoms with Crippen LogP contribution in [0.25, 0.3) is 0 Å². The second-order valence-corrected chi connectivity index (χ2v) is 5.46. The molecule has 0 aliphatic carbocycles. The number of hydrogen-bond acceptors (Lipinski definition) is 2. The second kappa shape index (κ2) is 6.18. The fourth-order valence-corrected chi connectivity index (χ4v) is 1.76. The summed E-state index contributed by atoms with van der Waals surface area (Å²) in [5.41, 5.74) is 8.42. The zero-order chi connectivity index (χ0) is 12.9. The van der Waals surface area contributed by atoms with Crippen molar-refractivity contribution in [3.63, 3.8) is 0 Å². The molecule has 2 N–H and O–H groups in total. The van der Waals surface area contributed by atoms with Gasteiger partial charge in [0.2, 0.25) is 0 Å². The summed E-state index contributed by atoms with van der Waals surface area (Å²) in [4.78, 5) is 0. The third-order valence-corrected chi connectivity index (χ3v) is 3.15. The van der Waals surface area contributed by atoms with E-state index in [-0.39, 0.29) is 11.6 Å². The fraction of sp³-hybridized carbons (Fsp3) is 0.600. The predicted octanol–water partition coefficient (Wildman–Crippen LogP) is 2.93. The third kappa shape index (κ3) is 5.33. The Balaban J connectivity index is 2.51. The molecule has 0 fully saturated rings. The molecule has 0 amide bonds. The Morgan fingerprint density at radius 2 is 1.71 bits per heavy atom. The number of hydrogen-bond donors (Lipinski definition) is 1. The number of ether oxygens (including phenoxy) is 1. The predicted molar refractivity (Wildman–Crippen MR) is 73.2 cm³/mol. The molecule has 1 unspecified atom stereocenters. The summed E-state index contributed by atoms with van der Waals surface area (Å²) in [5, 5.41) is 0. The van der Waals surface area contributed by atoms with Crippen LogP contribution < -0.4 is 5.73 Å². The van der Waals surface area contributed by atoms with E-state index in [0.717, 1.165) is 19.3 Å². The van der Waals surface area contributed by atoms with Crippen LogP contribution in [0, 0.1) is 0 Å². The quantitative estimate of drug-likeness (QED) is 0.823. The van der Waals surface area contributed by atoms with Gasteiger partial charge in [-0.05, 0) is 51.2 Å². The second-order valence-electron chi connectivity index (χ2n) is 5.46. The van der Waals surface area contributed by atoms with Gasteiger partial charge < -0.3 is 10.5 Å². The lowest BCUT2D eigenvalue weighted by molar-refractivity contribution is 0.0158. The Morgan fingerprint density at radius 3 is 2.18 bits per heavy atom. The van der Waals surface area contributed by atoms with Crippen molar-refractivity contribution in [3.05, 3.63) is 35.4 Å². The fourth-order valence-electron chi connectivity index (χ4n) is 1.76. The molecule has 96 valence electrons. The van der Waals surface area contributed by atoms with E-state index in [2.05, 4.69) is 38.1 Å². The SMILES string of the molecule is COC(C)(C)CCc1ccc(CC(C)N)cc1. The standard InChI is InChI=1S/C15H25NO/c1-12(16)11-14-7-5-13(6-8-14)9-10-15(2,3)17-4/h5-8,12H,9-11,16H2,1-4H3. The number of benzene rings is 1. The smallest absolute Gasteiger partial charge is 0.0625 e. The number of aryl methyl sites for hydroxylation is 1. The molecule has 0 heterocycles. The van der Waals surface area contributed by atoms with Crippen molar-refractivity contribution >= 4 is 0 Å². The van der Waals surface area contributed by atoms with Crippen LogP contribution in [-0.4, -0.2) is 18.8 Å². The van der Waals surface area contributed by atoms with Crippen molar-refractivity contribution in [2.24, 2.45) is 5.73 Å². The maximum atomic E-state index is 5.78. The average Bonchev–Trinajstić information content (AvgIpc) is 2.28. The Morgan fingerprint density at radius 1 is 1.18 bits per heavy atom. The van der Waals surface area contributed by atoms with Crippen LogP contribution >= 0.6 is 0 Å². The molecule has 0 saturated carbocycles. The molecule has 0 radical (unpaired) electrons. The lowest BCUT2D eigenvalue weighted by Crippen LogP contribution is -2.23. The minimum absolute atomic E-state index is 0.0373. The molecule has 17 heavy (non-hydrogen) atoms. The number of rotatable bonds is 6. The molecule has 0 bridgehead atoms. The minimum Gasteiger partial charge on any atom is -0.379 e.